The van der Waals surface area contributed by atoms with E-state index in [0.717, 1.165) is 11.4 Å². The molecule has 172 valence electrons. The molecule has 2 aromatic heterocycles. The SMILES string of the molecule is Cc1nn(C(C)(C)C)c2nc(C(C)C)cc(C(=O)NCCS(=O)(=O)N3CCOCC3)c12. The Morgan fingerprint density at radius 2 is 1.90 bits per heavy atom. The number of morpholine rings is 1. The van der Waals surface area contributed by atoms with Crippen LogP contribution in [0.25, 0.3) is 11.0 Å². The van der Waals surface area contributed by atoms with Gasteiger partial charge in [-0.15, -0.1) is 0 Å². The van der Waals surface area contributed by atoms with Crippen molar-refractivity contribution in [3.05, 3.63) is 23.0 Å². The number of nitrogens with one attached hydrogen (secondary N) is 1. The molecule has 2 aromatic rings. The first kappa shape index (κ1) is 23.6. The van der Waals surface area contributed by atoms with Gasteiger partial charge in [-0.25, -0.2) is 18.1 Å². The fourth-order valence-corrected chi connectivity index (χ4v) is 4.92. The third-order valence-corrected chi connectivity index (χ3v) is 7.19. The predicted molar refractivity (Wildman–Crippen MR) is 120 cm³/mol. The van der Waals surface area contributed by atoms with Crippen molar-refractivity contribution in [3.63, 3.8) is 0 Å². The van der Waals surface area contributed by atoms with E-state index < -0.39 is 10.0 Å². The van der Waals surface area contributed by atoms with Crippen LogP contribution in [0.4, 0.5) is 0 Å². The van der Waals surface area contributed by atoms with E-state index in [1.807, 2.05) is 46.2 Å². The number of ether oxygens (including phenoxy) is 1. The molecule has 3 rings (SSSR count). The van der Waals surface area contributed by atoms with E-state index in [2.05, 4.69) is 10.4 Å². The lowest BCUT2D eigenvalue weighted by atomic mass is 10.0. The zero-order valence-corrected chi connectivity index (χ0v) is 20.0. The van der Waals surface area contributed by atoms with Crippen LogP contribution in [0.3, 0.4) is 0 Å². The molecule has 1 saturated heterocycles. The largest absolute Gasteiger partial charge is 0.379 e. The lowest BCUT2D eigenvalue weighted by molar-refractivity contribution is 0.0730. The molecular formula is C21H33N5O4S. The maximum Gasteiger partial charge on any atom is 0.252 e. The lowest BCUT2D eigenvalue weighted by Crippen LogP contribution is -2.43. The summed E-state index contributed by atoms with van der Waals surface area (Å²) in [4.78, 5) is 17.9. The van der Waals surface area contributed by atoms with Crippen molar-refractivity contribution < 1.29 is 17.9 Å². The summed E-state index contributed by atoms with van der Waals surface area (Å²) in [5, 5.41) is 8.13. The third kappa shape index (κ3) is 5.07. The molecule has 10 heteroatoms. The normalized spacial score (nSPS) is 16.2. The van der Waals surface area contributed by atoms with E-state index >= 15 is 0 Å². The molecule has 9 nitrogen and oxygen atoms in total. The molecule has 3 heterocycles. The van der Waals surface area contributed by atoms with Gasteiger partial charge < -0.3 is 10.1 Å². The topological polar surface area (TPSA) is 106 Å². The summed E-state index contributed by atoms with van der Waals surface area (Å²) in [7, 11) is -3.44. The molecule has 0 aromatic carbocycles. The molecule has 1 fully saturated rings. The van der Waals surface area contributed by atoms with Crippen LogP contribution in [0.1, 0.15) is 62.3 Å². The highest BCUT2D eigenvalue weighted by atomic mass is 32.2. The van der Waals surface area contributed by atoms with E-state index in [0.29, 0.717) is 42.9 Å². The van der Waals surface area contributed by atoms with Crippen molar-refractivity contribution in [3.8, 4) is 0 Å². The number of pyridine rings is 1. The van der Waals surface area contributed by atoms with Crippen LogP contribution < -0.4 is 5.32 Å². The van der Waals surface area contributed by atoms with E-state index in [-0.39, 0.29) is 29.7 Å². The standard InChI is InChI=1S/C21H33N5O4S/c1-14(2)17-13-16(18-15(3)24-26(19(18)23-17)21(4,5)6)20(27)22-7-12-31(28,29)25-8-10-30-11-9-25/h13-14H,7-12H2,1-6H3,(H,22,27). The van der Waals surface area contributed by atoms with Crippen LogP contribution in [0.15, 0.2) is 6.07 Å². The van der Waals surface area contributed by atoms with Gasteiger partial charge in [-0.3, -0.25) is 4.79 Å². The highest BCUT2D eigenvalue weighted by Gasteiger charge is 2.27. The monoisotopic (exact) mass is 451 g/mol. The Balaban J connectivity index is 1.87. The van der Waals surface area contributed by atoms with Crippen molar-refractivity contribution >= 4 is 27.0 Å². The zero-order valence-electron chi connectivity index (χ0n) is 19.2. The molecule has 1 amide bonds. The van der Waals surface area contributed by atoms with Crippen LogP contribution in [-0.4, -0.2) is 72.0 Å². The molecule has 0 atom stereocenters. The summed E-state index contributed by atoms with van der Waals surface area (Å²) in [5.41, 5.74) is 2.37. The first-order valence-electron chi connectivity index (χ1n) is 10.7. The summed E-state index contributed by atoms with van der Waals surface area (Å²) >= 11 is 0. The van der Waals surface area contributed by atoms with Gasteiger partial charge in [0.25, 0.3) is 5.91 Å². The van der Waals surface area contributed by atoms with Crippen LogP contribution >= 0.6 is 0 Å². The summed E-state index contributed by atoms with van der Waals surface area (Å²) < 4.78 is 33.5. The van der Waals surface area contributed by atoms with Crippen molar-refractivity contribution in [1.29, 1.82) is 0 Å². The number of nitrogens with zero attached hydrogens (tertiary/aromatic N) is 4. The molecule has 0 unspecified atom stereocenters. The summed E-state index contributed by atoms with van der Waals surface area (Å²) in [5.74, 6) is -0.339. The Labute approximate surface area is 184 Å². The Morgan fingerprint density at radius 1 is 1.26 bits per heavy atom. The van der Waals surface area contributed by atoms with Gasteiger partial charge in [0.15, 0.2) is 5.65 Å². The average molecular weight is 452 g/mol. The maximum atomic E-state index is 13.1. The maximum absolute atomic E-state index is 13.1. The molecule has 0 radical (unpaired) electrons. The van der Waals surface area contributed by atoms with Gasteiger partial charge >= 0.3 is 0 Å². The van der Waals surface area contributed by atoms with E-state index in [1.54, 1.807) is 6.07 Å². The molecule has 1 aliphatic heterocycles. The molecule has 0 bridgehead atoms. The van der Waals surface area contributed by atoms with Gasteiger partial charge in [0, 0.05) is 25.3 Å². The fraction of sp³-hybridized carbons (Fsp3) is 0.667. The number of aryl methyl sites for hydroxylation is 1. The molecule has 0 saturated carbocycles. The number of hydrogen-bond acceptors (Lipinski definition) is 6. The Morgan fingerprint density at radius 3 is 2.48 bits per heavy atom. The van der Waals surface area contributed by atoms with Crippen molar-refractivity contribution in [2.24, 2.45) is 0 Å². The Kier molecular flexibility index (Phi) is 6.73. The quantitative estimate of drug-likeness (QED) is 0.720. The van der Waals surface area contributed by atoms with Gasteiger partial charge in [-0.2, -0.15) is 9.40 Å². The summed E-state index contributed by atoms with van der Waals surface area (Å²) in [6, 6.07) is 1.79. The molecule has 31 heavy (non-hydrogen) atoms. The molecule has 0 spiro atoms. The molecule has 1 N–H and O–H groups in total. The number of fused-ring (bicyclic) bond motifs is 1. The highest BCUT2D eigenvalue weighted by Crippen LogP contribution is 2.28. The van der Waals surface area contributed by atoms with Crippen molar-refractivity contribution in [2.75, 3.05) is 38.6 Å². The van der Waals surface area contributed by atoms with Gasteiger partial charge in [-0.05, 0) is 39.7 Å². The predicted octanol–water partition coefficient (Wildman–Crippen LogP) is 2.01. The van der Waals surface area contributed by atoms with Crippen molar-refractivity contribution in [1.82, 2.24) is 24.4 Å². The minimum absolute atomic E-state index is 0.0335. The van der Waals surface area contributed by atoms with E-state index in [4.69, 9.17) is 9.72 Å². The first-order valence-corrected chi connectivity index (χ1v) is 12.3. The second-order valence-corrected chi connectivity index (χ2v) is 11.3. The van der Waals surface area contributed by atoms with Crippen molar-refractivity contribution in [2.45, 2.75) is 53.0 Å². The molecule has 0 aliphatic carbocycles. The third-order valence-electron chi connectivity index (χ3n) is 5.31. The van der Waals surface area contributed by atoms with Crippen LogP contribution in [0.5, 0.6) is 0 Å². The molecular weight excluding hydrogens is 418 g/mol. The lowest BCUT2D eigenvalue weighted by Gasteiger charge is -2.26. The smallest absolute Gasteiger partial charge is 0.252 e. The number of carbonyl (C=O) groups is 1. The Hall–Kier alpha value is -2.04. The Bertz CT molecular complexity index is 1060. The average Bonchev–Trinajstić information content (AvgIpc) is 3.05. The minimum atomic E-state index is -3.44. The van der Waals surface area contributed by atoms with Gasteiger partial charge in [0.1, 0.15) is 0 Å². The van der Waals surface area contributed by atoms with Gasteiger partial charge in [0.2, 0.25) is 10.0 Å². The van der Waals surface area contributed by atoms with Gasteiger partial charge in [-0.1, -0.05) is 13.8 Å². The number of hydrogen-bond donors (Lipinski definition) is 1. The first-order chi connectivity index (χ1) is 14.4. The minimum Gasteiger partial charge on any atom is -0.379 e. The van der Waals surface area contributed by atoms with Crippen LogP contribution in [-0.2, 0) is 20.3 Å². The zero-order chi connectivity index (χ0) is 23.0. The van der Waals surface area contributed by atoms with Crippen LogP contribution in [0.2, 0.25) is 0 Å². The van der Waals surface area contributed by atoms with Crippen LogP contribution in [0, 0.1) is 6.92 Å². The van der Waals surface area contributed by atoms with Gasteiger partial charge in [0.05, 0.1) is 41.1 Å². The molecule has 1 aliphatic rings. The summed E-state index contributed by atoms with van der Waals surface area (Å²) in [6.45, 7) is 13.6. The second-order valence-electron chi connectivity index (χ2n) is 9.20. The van der Waals surface area contributed by atoms with E-state index in [1.165, 1.54) is 4.31 Å². The number of carbonyl (C=O) groups excluding carboxylic acids is 1. The second kappa shape index (κ2) is 8.84. The summed E-state index contributed by atoms with van der Waals surface area (Å²) in [6.07, 6.45) is 0. The number of aromatic nitrogens is 3. The number of rotatable bonds is 6. The highest BCUT2D eigenvalue weighted by molar-refractivity contribution is 7.89. The van der Waals surface area contributed by atoms with E-state index in [9.17, 15) is 13.2 Å². The number of amides is 1. The number of sulfonamides is 1. The fourth-order valence-electron chi connectivity index (χ4n) is 3.59.